The lowest BCUT2D eigenvalue weighted by Crippen LogP contribution is -2.73. The quantitative estimate of drug-likeness (QED) is 0.132. The van der Waals surface area contributed by atoms with Crippen molar-refractivity contribution < 1.29 is 83.4 Å². The van der Waals surface area contributed by atoms with E-state index in [1.54, 1.807) is 19.9 Å². The van der Waals surface area contributed by atoms with Crippen LogP contribution in [0.25, 0.3) is 0 Å². The third-order valence-corrected chi connectivity index (χ3v) is 12.7. The molecule has 17 heteroatoms. The van der Waals surface area contributed by atoms with Gasteiger partial charge in [-0.15, -0.1) is 0 Å². The minimum atomic E-state index is -3.28. The molecular formula is C43H48O17. The number of aliphatic hydroxyl groups excluding tert-OH is 4. The number of rotatable bonds is 10. The van der Waals surface area contributed by atoms with Crippen molar-refractivity contribution in [3.63, 3.8) is 0 Å². The molecule has 2 heterocycles. The fraction of sp³-hybridized carbons (Fsp3) is 0.488. The Labute approximate surface area is 343 Å². The van der Waals surface area contributed by atoms with E-state index in [0.29, 0.717) is 11.3 Å². The van der Waals surface area contributed by atoms with Crippen LogP contribution in [0.5, 0.6) is 11.5 Å². The number of ketones is 3. The van der Waals surface area contributed by atoms with Crippen LogP contribution in [0, 0.1) is 12.8 Å². The number of allylic oxidation sites excluding steroid dienone is 1. The van der Waals surface area contributed by atoms with Gasteiger partial charge in [-0.2, -0.15) is 0 Å². The number of phenols is 2. The normalized spacial score (nSPS) is 31.5. The van der Waals surface area contributed by atoms with Gasteiger partial charge in [0, 0.05) is 62.5 Å². The SMILES string of the molecule is COC(=O)c1c(C)cc2c(c1O)[C@]1(O)C(=O)c3cc4c(c(O)c3C(=O)[C@]1(OC)[C@H](O)C2)C(=O)C=C(C[C@H]1O[C@@H](C)[C@H](CO)[C@@H](O)[C@H]1OC)C4(O)Cc1coc(CC(C)O)c1. The van der Waals surface area contributed by atoms with E-state index < -0.39 is 141 Å². The maximum atomic E-state index is 15.1. The van der Waals surface area contributed by atoms with Crippen LogP contribution in [0.2, 0.25) is 0 Å². The lowest BCUT2D eigenvalue weighted by Gasteiger charge is -2.53. The van der Waals surface area contributed by atoms with Crippen LogP contribution in [0.3, 0.4) is 0 Å². The zero-order valence-electron chi connectivity index (χ0n) is 33.7. The first-order chi connectivity index (χ1) is 28.3. The molecule has 8 N–H and O–H groups in total. The lowest BCUT2D eigenvalue weighted by molar-refractivity contribution is -0.210. The van der Waals surface area contributed by atoms with E-state index in [0.717, 1.165) is 26.4 Å². The van der Waals surface area contributed by atoms with Gasteiger partial charge in [0.25, 0.3) is 0 Å². The molecule has 3 aliphatic carbocycles. The molecule has 3 aromatic rings. The first-order valence-corrected chi connectivity index (χ1v) is 19.4. The Morgan fingerprint density at radius 3 is 2.33 bits per heavy atom. The third-order valence-electron chi connectivity index (χ3n) is 12.7. The number of aryl methyl sites for hydroxylation is 1. The topological polar surface area (TPSA) is 280 Å². The van der Waals surface area contributed by atoms with Gasteiger partial charge in [-0.25, -0.2) is 4.79 Å². The molecule has 0 saturated carbocycles. The van der Waals surface area contributed by atoms with E-state index in [4.69, 9.17) is 23.4 Å². The number of carbonyl (C=O) groups is 4. The number of esters is 1. The highest BCUT2D eigenvalue weighted by Gasteiger charge is 2.73. The van der Waals surface area contributed by atoms with Crippen LogP contribution < -0.4 is 0 Å². The number of hydrogen-bond acceptors (Lipinski definition) is 17. The Bertz CT molecular complexity index is 2320. The highest BCUT2D eigenvalue weighted by molar-refractivity contribution is 6.26. The first kappa shape index (κ1) is 43.3. The molecule has 2 unspecified atom stereocenters. The summed E-state index contributed by atoms with van der Waals surface area (Å²) in [5, 5.41) is 92.4. The maximum absolute atomic E-state index is 15.1. The van der Waals surface area contributed by atoms with E-state index in [1.807, 2.05) is 0 Å². The molecule has 1 fully saturated rings. The van der Waals surface area contributed by atoms with Gasteiger partial charge >= 0.3 is 5.97 Å². The van der Waals surface area contributed by atoms with Gasteiger partial charge in [-0.05, 0) is 61.2 Å². The zero-order chi connectivity index (χ0) is 44.0. The second-order valence-electron chi connectivity index (χ2n) is 16.2. The molecule has 1 saturated heterocycles. The highest BCUT2D eigenvalue weighted by Crippen LogP contribution is 2.58. The monoisotopic (exact) mass is 836 g/mol. The summed E-state index contributed by atoms with van der Waals surface area (Å²) in [5.74, 6) is -7.10. The van der Waals surface area contributed by atoms with E-state index in [-0.39, 0.29) is 35.1 Å². The number of phenolic OH excluding ortho intramolecular Hbond substituents is 2. The molecule has 7 rings (SSSR count). The molecule has 0 spiro atoms. The van der Waals surface area contributed by atoms with Crippen molar-refractivity contribution in [2.45, 2.75) is 99.9 Å². The van der Waals surface area contributed by atoms with Crippen molar-refractivity contribution in [3.8, 4) is 11.5 Å². The van der Waals surface area contributed by atoms with Crippen LogP contribution >= 0.6 is 0 Å². The number of aromatic hydroxyl groups is 2. The number of Topliss-reactive ketones (excluding diaryl/α,β-unsaturated/α-hetero) is 2. The summed E-state index contributed by atoms with van der Waals surface area (Å²) < 4.78 is 27.9. The molecule has 0 bridgehead atoms. The molecule has 10 atom stereocenters. The molecule has 0 amide bonds. The number of ether oxygens (including phenoxy) is 4. The van der Waals surface area contributed by atoms with Crippen LogP contribution in [0.4, 0.5) is 0 Å². The summed E-state index contributed by atoms with van der Waals surface area (Å²) in [6.45, 7) is 4.19. The van der Waals surface area contributed by atoms with Crippen molar-refractivity contribution in [2.75, 3.05) is 27.9 Å². The zero-order valence-corrected chi connectivity index (χ0v) is 33.7. The van der Waals surface area contributed by atoms with E-state index >= 15 is 4.79 Å². The molecule has 1 aliphatic heterocycles. The maximum Gasteiger partial charge on any atom is 0.341 e. The minimum Gasteiger partial charge on any atom is -0.507 e. The van der Waals surface area contributed by atoms with Gasteiger partial charge in [-0.3, -0.25) is 14.4 Å². The fourth-order valence-corrected chi connectivity index (χ4v) is 9.88. The molecular weight excluding hydrogens is 788 g/mol. The molecule has 60 heavy (non-hydrogen) atoms. The van der Waals surface area contributed by atoms with Gasteiger partial charge in [0.15, 0.2) is 17.0 Å². The van der Waals surface area contributed by atoms with E-state index in [2.05, 4.69) is 0 Å². The summed E-state index contributed by atoms with van der Waals surface area (Å²) in [6, 6.07) is 3.87. The predicted molar refractivity (Wildman–Crippen MR) is 205 cm³/mol. The number of fused-ring (bicyclic) bond motifs is 5. The molecule has 2 aromatic carbocycles. The summed E-state index contributed by atoms with van der Waals surface area (Å²) in [7, 11) is 3.29. The molecule has 0 radical (unpaired) electrons. The summed E-state index contributed by atoms with van der Waals surface area (Å²) in [6.07, 6.45) is -5.56. The van der Waals surface area contributed by atoms with Crippen molar-refractivity contribution in [2.24, 2.45) is 5.92 Å². The molecule has 17 nitrogen and oxygen atoms in total. The van der Waals surface area contributed by atoms with Gasteiger partial charge in [-0.1, -0.05) is 6.07 Å². The van der Waals surface area contributed by atoms with Crippen LogP contribution in [0.15, 0.2) is 40.5 Å². The second-order valence-corrected chi connectivity index (χ2v) is 16.2. The van der Waals surface area contributed by atoms with Crippen molar-refractivity contribution in [1.82, 2.24) is 0 Å². The Morgan fingerprint density at radius 1 is 1.02 bits per heavy atom. The Hall–Kier alpha value is -4.82. The second kappa shape index (κ2) is 15.3. The fourth-order valence-electron chi connectivity index (χ4n) is 9.88. The van der Waals surface area contributed by atoms with Crippen molar-refractivity contribution in [3.05, 3.63) is 91.9 Å². The van der Waals surface area contributed by atoms with Gasteiger partial charge in [0.2, 0.25) is 11.6 Å². The summed E-state index contributed by atoms with van der Waals surface area (Å²) in [5.41, 5.74) is -11.7. The van der Waals surface area contributed by atoms with Crippen molar-refractivity contribution >= 4 is 23.3 Å². The molecule has 1 aromatic heterocycles. The van der Waals surface area contributed by atoms with Crippen molar-refractivity contribution in [1.29, 1.82) is 0 Å². The number of furan rings is 1. The number of benzene rings is 2. The number of aliphatic hydroxyl groups is 6. The largest absolute Gasteiger partial charge is 0.507 e. The average Bonchev–Trinajstić information content (AvgIpc) is 3.61. The van der Waals surface area contributed by atoms with Gasteiger partial charge in [0.05, 0.1) is 61.6 Å². The van der Waals surface area contributed by atoms with E-state index in [9.17, 15) is 55.2 Å². The highest BCUT2D eigenvalue weighted by atomic mass is 16.6. The summed E-state index contributed by atoms with van der Waals surface area (Å²) >= 11 is 0. The third kappa shape index (κ3) is 6.01. The van der Waals surface area contributed by atoms with Gasteiger partial charge < -0.3 is 64.2 Å². The number of methoxy groups -OCH3 is 3. The average molecular weight is 837 g/mol. The lowest BCUT2D eigenvalue weighted by atomic mass is 9.56. The van der Waals surface area contributed by atoms with E-state index in [1.165, 1.54) is 26.4 Å². The van der Waals surface area contributed by atoms with Crippen LogP contribution in [-0.2, 0) is 49.4 Å². The molecule has 4 aliphatic rings. The Balaban J connectivity index is 1.46. The minimum absolute atomic E-state index is 0.0167. The van der Waals surface area contributed by atoms with Crippen LogP contribution in [-0.4, -0.2) is 134 Å². The Morgan fingerprint density at radius 2 is 1.72 bits per heavy atom. The Kier molecular flexibility index (Phi) is 11.0. The number of carbonyl (C=O) groups excluding carboxylic acids is 4. The summed E-state index contributed by atoms with van der Waals surface area (Å²) in [4.78, 5) is 57.2. The number of hydrogen-bond donors (Lipinski definition) is 8. The first-order valence-electron chi connectivity index (χ1n) is 19.4. The predicted octanol–water partition coefficient (Wildman–Crippen LogP) is 0.993. The standard InChI is InChI=1S/C43H48O17/c1-17-7-21-10-29(47)43(58-6)39(52)31-24(38(51)42(43,55)33(21)36(50)30(17)40(53)57-5)13-26-32(35(31)49)27(46)11-22(12-28-37(56-4)34(48)25(15-44)19(3)60-28)41(26,54)14-20-9-23(59-16-20)8-18(2)45/h7,9,11,13,16,18-19,25,28-29,34,37,44-45,47-50,54-55H,8,10,12,14-15H2,1-6H3/t18?,19-,25-,28+,29+,34+,37-,41?,42-,43+/m0/s1. The van der Waals surface area contributed by atoms with Gasteiger partial charge in [0.1, 0.15) is 34.5 Å². The molecule has 322 valence electrons. The van der Waals surface area contributed by atoms with Crippen LogP contribution in [0.1, 0.15) is 95.3 Å². The smallest absolute Gasteiger partial charge is 0.341 e.